The van der Waals surface area contributed by atoms with Crippen molar-refractivity contribution in [3.63, 3.8) is 0 Å². The molecule has 10 aromatic carbocycles. The van der Waals surface area contributed by atoms with E-state index in [2.05, 4.69) is 214 Å². The Kier molecular flexibility index (Phi) is 6.89. The molecule has 0 saturated carbocycles. The molecule has 302 valence electrons. The van der Waals surface area contributed by atoms with Crippen LogP contribution in [0.5, 0.6) is 0 Å². The summed E-state index contributed by atoms with van der Waals surface area (Å²) in [6, 6.07) is 76.4. The van der Waals surface area contributed by atoms with Crippen LogP contribution >= 0.6 is 0 Å². The monoisotopic (exact) mass is 829 g/mol. The van der Waals surface area contributed by atoms with Gasteiger partial charge in [-0.1, -0.05) is 121 Å². The number of aromatic nitrogens is 2. The quantitative estimate of drug-likeness (QED) is 0.162. The first-order chi connectivity index (χ1) is 32.2. The number of benzene rings is 10. The Hall–Kier alpha value is -8.80. The van der Waals surface area contributed by atoms with Crippen LogP contribution < -0.4 is 4.90 Å². The van der Waals surface area contributed by atoms with Crippen molar-refractivity contribution < 1.29 is 8.83 Å². The van der Waals surface area contributed by atoms with E-state index in [9.17, 15) is 0 Å². The fourth-order valence-electron chi connectivity index (χ4n) is 10.9. The normalized spacial score (nSPS) is 12.3. The van der Waals surface area contributed by atoms with Crippen LogP contribution in [0.25, 0.3) is 121 Å². The molecule has 15 aromatic rings. The van der Waals surface area contributed by atoms with Crippen LogP contribution in [-0.2, 0) is 0 Å². The Morgan fingerprint density at radius 1 is 0.262 bits per heavy atom. The zero-order valence-corrected chi connectivity index (χ0v) is 34.9. The molecule has 5 aromatic heterocycles. The van der Waals surface area contributed by atoms with E-state index in [1.807, 2.05) is 12.1 Å². The summed E-state index contributed by atoms with van der Waals surface area (Å²) in [6.45, 7) is 0. The second kappa shape index (κ2) is 12.9. The fraction of sp³-hybridized carbons (Fsp3) is 0. The van der Waals surface area contributed by atoms with Gasteiger partial charge in [0.15, 0.2) is 0 Å². The van der Waals surface area contributed by atoms with E-state index in [0.29, 0.717) is 0 Å². The van der Waals surface area contributed by atoms with Gasteiger partial charge in [0.05, 0.1) is 33.1 Å². The van der Waals surface area contributed by atoms with E-state index in [0.717, 1.165) is 77.6 Å². The van der Waals surface area contributed by atoms with E-state index < -0.39 is 0 Å². The lowest BCUT2D eigenvalue weighted by molar-refractivity contribution is 0.669. The third-order valence-electron chi connectivity index (χ3n) is 13.8. The molecule has 5 heterocycles. The van der Waals surface area contributed by atoms with Crippen LogP contribution in [0.3, 0.4) is 0 Å². The zero-order chi connectivity index (χ0) is 42.3. The molecule has 0 fully saturated rings. The number of nitrogens with zero attached hydrogens (tertiary/aromatic N) is 3. The summed E-state index contributed by atoms with van der Waals surface area (Å²) in [7, 11) is 0. The summed E-state index contributed by atoms with van der Waals surface area (Å²) in [6.07, 6.45) is 0. The minimum atomic E-state index is 0.829. The number of furan rings is 2. The maximum atomic E-state index is 6.85. The van der Waals surface area contributed by atoms with Crippen molar-refractivity contribution in [2.24, 2.45) is 0 Å². The number of hydrogen-bond acceptors (Lipinski definition) is 3. The molecular weight excluding hydrogens is 795 g/mol. The Balaban J connectivity index is 0.895. The predicted molar refractivity (Wildman–Crippen MR) is 270 cm³/mol. The molecule has 0 N–H and O–H groups in total. The second-order valence-electron chi connectivity index (χ2n) is 17.3. The molecule has 65 heavy (non-hydrogen) atoms. The van der Waals surface area contributed by atoms with Crippen molar-refractivity contribution >= 4 is 116 Å². The number of fused-ring (bicyclic) bond motifs is 15. The second-order valence-corrected chi connectivity index (χ2v) is 17.3. The highest BCUT2D eigenvalue weighted by Crippen LogP contribution is 2.45. The highest BCUT2D eigenvalue weighted by molar-refractivity contribution is 6.25. The first-order valence-corrected chi connectivity index (χ1v) is 22.2. The number of anilines is 3. The van der Waals surface area contributed by atoms with Crippen molar-refractivity contribution in [1.82, 2.24) is 8.80 Å². The third kappa shape index (κ3) is 4.87. The summed E-state index contributed by atoms with van der Waals surface area (Å²) in [5, 5.41) is 9.46. The van der Waals surface area contributed by atoms with Crippen molar-refractivity contribution in [2.75, 3.05) is 4.90 Å². The third-order valence-corrected chi connectivity index (χ3v) is 13.8. The van der Waals surface area contributed by atoms with Gasteiger partial charge >= 0.3 is 0 Å². The van der Waals surface area contributed by atoms with Gasteiger partial charge in [0.2, 0.25) is 0 Å². The lowest BCUT2D eigenvalue weighted by Gasteiger charge is -2.26. The molecule has 0 amide bonds. The first kappa shape index (κ1) is 34.7. The predicted octanol–water partition coefficient (Wildman–Crippen LogP) is 16.8. The molecule has 0 unspecified atom stereocenters. The maximum Gasteiger partial charge on any atom is 0.137 e. The lowest BCUT2D eigenvalue weighted by Crippen LogP contribution is -2.09. The summed E-state index contributed by atoms with van der Waals surface area (Å²) in [4.78, 5) is 2.30. The van der Waals surface area contributed by atoms with Crippen LogP contribution in [0.2, 0.25) is 0 Å². The number of hydrogen-bond donors (Lipinski definition) is 0. The smallest absolute Gasteiger partial charge is 0.137 e. The molecule has 15 rings (SSSR count). The van der Waals surface area contributed by atoms with E-state index in [1.54, 1.807) is 0 Å². The van der Waals surface area contributed by atoms with Crippen LogP contribution in [0.1, 0.15) is 0 Å². The largest absolute Gasteiger partial charge is 0.456 e. The fourth-order valence-corrected chi connectivity index (χ4v) is 10.9. The summed E-state index contributed by atoms with van der Waals surface area (Å²) in [5.41, 5.74) is 18.3. The number of rotatable bonds is 5. The molecule has 0 aliphatic rings. The SMILES string of the molecule is c1ccc(-c2cccc(N(c3ccc4c(c3)oc3ccccc34)c3ccc4c(c3)oc3cc(-c5ccc6c(c5)n5c7ccccc7c7ccc8c9ccccc9n6c8c75)ccc34)c2)cc1. The van der Waals surface area contributed by atoms with E-state index >= 15 is 0 Å². The molecule has 0 bridgehead atoms. The molecule has 0 aliphatic heterocycles. The van der Waals surface area contributed by atoms with Gasteiger partial charge in [0.1, 0.15) is 22.3 Å². The van der Waals surface area contributed by atoms with E-state index in [4.69, 9.17) is 8.83 Å². The average molecular weight is 830 g/mol. The van der Waals surface area contributed by atoms with Gasteiger partial charge in [0.25, 0.3) is 0 Å². The average Bonchev–Trinajstić information content (AvgIpc) is 4.12. The van der Waals surface area contributed by atoms with Gasteiger partial charge in [-0.15, -0.1) is 0 Å². The summed E-state index contributed by atoms with van der Waals surface area (Å²) < 4.78 is 18.2. The van der Waals surface area contributed by atoms with Gasteiger partial charge in [-0.05, 0) is 101 Å². The van der Waals surface area contributed by atoms with Gasteiger partial charge in [-0.2, -0.15) is 0 Å². The van der Waals surface area contributed by atoms with Crippen molar-refractivity contribution in [3.8, 4) is 22.3 Å². The Bertz CT molecular complexity index is 4430. The Labute approximate surface area is 371 Å². The topological polar surface area (TPSA) is 38.3 Å². The van der Waals surface area contributed by atoms with Crippen LogP contribution in [-0.4, -0.2) is 8.80 Å². The highest BCUT2D eigenvalue weighted by Gasteiger charge is 2.23. The van der Waals surface area contributed by atoms with E-state index in [-0.39, 0.29) is 0 Å². The van der Waals surface area contributed by atoms with Gasteiger partial charge < -0.3 is 22.5 Å². The molecule has 0 aliphatic carbocycles. The van der Waals surface area contributed by atoms with Crippen molar-refractivity contribution in [1.29, 1.82) is 0 Å². The highest BCUT2D eigenvalue weighted by atomic mass is 16.3. The summed E-state index contributed by atoms with van der Waals surface area (Å²) in [5.74, 6) is 0. The maximum absolute atomic E-state index is 6.85. The molecule has 0 saturated heterocycles. The van der Waals surface area contributed by atoms with Gasteiger partial charge in [-0.3, -0.25) is 0 Å². The van der Waals surface area contributed by atoms with E-state index in [1.165, 1.54) is 60.2 Å². The minimum Gasteiger partial charge on any atom is -0.456 e. The van der Waals surface area contributed by atoms with Crippen LogP contribution in [0.15, 0.2) is 221 Å². The summed E-state index contributed by atoms with van der Waals surface area (Å²) >= 11 is 0. The van der Waals surface area contributed by atoms with Crippen LogP contribution in [0, 0.1) is 0 Å². The minimum absolute atomic E-state index is 0.829. The molecule has 0 atom stereocenters. The Morgan fingerprint density at radius 3 is 1.45 bits per heavy atom. The lowest BCUT2D eigenvalue weighted by atomic mass is 10.0. The molecule has 5 nitrogen and oxygen atoms in total. The van der Waals surface area contributed by atoms with Crippen molar-refractivity contribution in [3.05, 3.63) is 212 Å². The molecule has 5 heteroatoms. The van der Waals surface area contributed by atoms with Crippen molar-refractivity contribution in [2.45, 2.75) is 0 Å². The first-order valence-electron chi connectivity index (χ1n) is 22.2. The standard InChI is InChI=1S/C60H35N3O2/c1-2-11-36(12-3-1)37-13-10-14-40(31-37)61(41-23-26-47-45-17-6-9-20-55(45)64-57(47)34-41)42-24-27-48-46-25-21-39(33-56(46)65-58(48)35-42)38-22-30-53-54(32-38)63-52-19-8-5-16-44(52)50-29-28-49-43-15-4-7-18-51(43)62(53)59(49)60(50)63/h1-35H. The van der Waals surface area contributed by atoms with Gasteiger partial charge in [-0.25, -0.2) is 0 Å². The number of para-hydroxylation sites is 3. The Morgan fingerprint density at radius 2 is 0.738 bits per heavy atom. The molecular formula is C60H35N3O2. The zero-order valence-electron chi connectivity index (χ0n) is 34.9. The molecule has 0 radical (unpaired) electrons. The van der Waals surface area contributed by atoms with Gasteiger partial charge in [0, 0.05) is 72.3 Å². The molecule has 0 spiro atoms. The van der Waals surface area contributed by atoms with Crippen LogP contribution in [0.4, 0.5) is 17.1 Å².